The number of amides is 2. The third-order valence-electron chi connectivity index (χ3n) is 5.08. The molecular weight excluding hydrogens is 450 g/mol. The van der Waals surface area contributed by atoms with Crippen molar-refractivity contribution in [2.75, 3.05) is 20.1 Å². The highest BCUT2D eigenvalue weighted by Crippen LogP contribution is 2.17. The van der Waals surface area contributed by atoms with Gasteiger partial charge < -0.3 is 10.2 Å². The molecule has 0 fully saturated rings. The lowest BCUT2D eigenvalue weighted by Gasteiger charge is -2.29. The molecule has 0 saturated carbocycles. The van der Waals surface area contributed by atoms with Crippen molar-refractivity contribution in [3.8, 4) is 0 Å². The van der Waals surface area contributed by atoms with Gasteiger partial charge in [0.25, 0.3) is 0 Å². The van der Waals surface area contributed by atoms with Crippen molar-refractivity contribution < 1.29 is 18.0 Å². The lowest BCUT2D eigenvalue weighted by atomic mass is 10.1. The molecule has 0 spiro atoms. The molecular formula is C23H30ClN3O4S. The zero-order chi connectivity index (χ0) is 23.7. The topological polar surface area (TPSA) is 86.8 Å². The highest BCUT2D eigenvalue weighted by atomic mass is 35.5. The zero-order valence-electron chi connectivity index (χ0n) is 18.6. The van der Waals surface area contributed by atoms with Crippen molar-refractivity contribution in [1.29, 1.82) is 0 Å². The van der Waals surface area contributed by atoms with Crippen LogP contribution >= 0.6 is 11.6 Å². The second kappa shape index (κ2) is 12.0. The minimum Gasteiger partial charge on any atom is -0.355 e. The first kappa shape index (κ1) is 25.8. The maximum atomic E-state index is 13.0. The summed E-state index contributed by atoms with van der Waals surface area (Å²) in [7, 11) is -2.12. The summed E-state index contributed by atoms with van der Waals surface area (Å²) < 4.78 is 26.5. The Bertz CT molecular complexity index is 1010. The van der Waals surface area contributed by atoms with Crippen LogP contribution in [0.4, 0.5) is 0 Å². The van der Waals surface area contributed by atoms with Gasteiger partial charge >= 0.3 is 0 Å². The van der Waals surface area contributed by atoms with Crippen LogP contribution in [0.5, 0.6) is 0 Å². The summed E-state index contributed by atoms with van der Waals surface area (Å²) in [5, 5.41) is 3.29. The molecule has 0 radical (unpaired) electrons. The highest BCUT2D eigenvalue weighted by molar-refractivity contribution is 7.89. The number of hydrogen-bond donors (Lipinski definition) is 1. The number of benzene rings is 2. The molecule has 0 aromatic heterocycles. The van der Waals surface area contributed by atoms with E-state index < -0.39 is 16.1 Å². The number of sulfonamides is 1. The highest BCUT2D eigenvalue weighted by Gasteiger charge is 2.26. The van der Waals surface area contributed by atoms with E-state index in [9.17, 15) is 18.0 Å². The van der Waals surface area contributed by atoms with Crippen molar-refractivity contribution in [3.63, 3.8) is 0 Å². The largest absolute Gasteiger partial charge is 0.355 e. The number of hydrogen-bond acceptors (Lipinski definition) is 4. The Morgan fingerprint density at radius 3 is 2.41 bits per heavy atom. The van der Waals surface area contributed by atoms with Crippen molar-refractivity contribution in [2.45, 2.75) is 44.2 Å². The van der Waals surface area contributed by atoms with Crippen LogP contribution in [0.1, 0.15) is 32.3 Å². The van der Waals surface area contributed by atoms with E-state index in [0.29, 0.717) is 18.0 Å². The first-order valence-corrected chi connectivity index (χ1v) is 12.3. The van der Waals surface area contributed by atoms with E-state index in [1.807, 2.05) is 13.0 Å². The maximum Gasteiger partial charge on any atom is 0.242 e. The minimum absolute atomic E-state index is 0.110. The standard InChI is InChI=1S/C23H30ClN3O4S/c1-4-25-23(29)18(2)27(17-19-10-8-11-20(24)16-19)22(28)14-9-15-26(3)32(30,31)21-12-6-5-7-13-21/h5-8,10-13,16,18H,4,9,14-15,17H2,1-3H3,(H,25,29)/t18-/m1/s1. The van der Waals surface area contributed by atoms with Crippen LogP contribution in [-0.2, 0) is 26.2 Å². The lowest BCUT2D eigenvalue weighted by molar-refractivity contribution is -0.140. The van der Waals surface area contributed by atoms with Gasteiger partial charge in [0.05, 0.1) is 4.90 Å². The first-order chi connectivity index (χ1) is 15.2. The summed E-state index contributed by atoms with van der Waals surface area (Å²) in [6.45, 7) is 4.38. The molecule has 2 aromatic carbocycles. The van der Waals surface area contributed by atoms with Crippen LogP contribution in [0.25, 0.3) is 0 Å². The number of carbonyl (C=O) groups excluding carboxylic acids is 2. The van der Waals surface area contributed by atoms with Gasteiger partial charge in [-0.25, -0.2) is 12.7 Å². The molecule has 2 aromatic rings. The predicted molar refractivity (Wildman–Crippen MR) is 126 cm³/mol. The molecule has 0 bridgehead atoms. The average molecular weight is 480 g/mol. The van der Waals surface area contributed by atoms with Crippen molar-refractivity contribution >= 4 is 33.4 Å². The summed E-state index contributed by atoms with van der Waals surface area (Å²) in [5.74, 6) is -0.471. The average Bonchev–Trinajstić information content (AvgIpc) is 2.77. The number of rotatable bonds is 11. The molecule has 0 aliphatic carbocycles. The van der Waals surface area contributed by atoms with E-state index in [-0.39, 0.29) is 36.2 Å². The Labute approximate surface area is 195 Å². The molecule has 32 heavy (non-hydrogen) atoms. The molecule has 9 heteroatoms. The maximum absolute atomic E-state index is 13.0. The van der Waals surface area contributed by atoms with Gasteiger partial charge in [0.2, 0.25) is 21.8 Å². The summed E-state index contributed by atoms with van der Waals surface area (Å²) in [6.07, 6.45) is 0.439. The second-order valence-corrected chi connectivity index (χ2v) is 9.95. The SMILES string of the molecule is CCNC(=O)[C@@H](C)N(Cc1cccc(Cl)c1)C(=O)CCCN(C)S(=O)(=O)c1ccccc1. The fourth-order valence-corrected chi connectivity index (χ4v) is 4.67. The van der Waals surface area contributed by atoms with E-state index in [1.54, 1.807) is 43.3 Å². The lowest BCUT2D eigenvalue weighted by Crippen LogP contribution is -2.47. The molecule has 0 unspecified atom stereocenters. The van der Waals surface area contributed by atoms with Gasteiger partial charge in [-0.2, -0.15) is 0 Å². The molecule has 0 aliphatic heterocycles. The van der Waals surface area contributed by atoms with Gasteiger partial charge in [-0.05, 0) is 50.1 Å². The number of nitrogens with zero attached hydrogens (tertiary/aromatic N) is 2. The van der Waals surface area contributed by atoms with E-state index in [4.69, 9.17) is 11.6 Å². The van der Waals surface area contributed by atoms with Crippen LogP contribution in [0.15, 0.2) is 59.5 Å². The van der Waals surface area contributed by atoms with Crippen molar-refractivity contribution in [1.82, 2.24) is 14.5 Å². The first-order valence-electron chi connectivity index (χ1n) is 10.5. The number of nitrogens with one attached hydrogen (secondary N) is 1. The number of halogens is 1. The molecule has 1 N–H and O–H groups in total. The Hall–Kier alpha value is -2.42. The van der Waals surface area contributed by atoms with Crippen LogP contribution in [0.2, 0.25) is 5.02 Å². The van der Waals surface area contributed by atoms with Crippen LogP contribution in [-0.4, -0.2) is 55.6 Å². The minimum atomic E-state index is -3.62. The third-order valence-corrected chi connectivity index (χ3v) is 7.18. The fraction of sp³-hybridized carbons (Fsp3) is 0.391. The van der Waals surface area contributed by atoms with E-state index >= 15 is 0 Å². The Morgan fingerprint density at radius 2 is 1.78 bits per heavy atom. The smallest absolute Gasteiger partial charge is 0.242 e. The van der Waals surface area contributed by atoms with Gasteiger partial charge in [-0.15, -0.1) is 0 Å². The van der Waals surface area contributed by atoms with Gasteiger partial charge in [-0.1, -0.05) is 41.9 Å². The molecule has 7 nitrogen and oxygen atoms in total. The zero-order valence-corrected chi connectivity index (χ0v) is 20.2. The third kappa shape index (κ3) is 7.05. The molecule has 0 heterocycles. The summed E-state index contributed by atoms with van der Waals surface area (Å²) >= 11 is 6.07. The van der Waals surface area contributed by atoms with Crippen molar-refractivity contribution in [2.24, 2.45) is 0 Å². The normalized spacial score (nSPS) is 12.4. The van der Waals surface area contributed by atoms with Crippen LogP contribution in [0.3, 0.4) is 0 Å². The Kier molecular flexibility index (Phi) is 9.68. The summed E-state index contributed by atoms with van der Waals surface area (Å²) in [6, 6.07) is 14.6. The van der Waals surface area contributed by atoms with Gasteiger partial charge in [0, 0.05) is 38.1 Å². The summed E-state index contributed by atoms with van der Waals surface area (Å²) in [5.41, 5.74) is 0.811. The fourth-order valence-electron chi connectivity index (χ4n) is 3.23. The van der Waals surface area contributed by atoms with Crippen LogP contribution < -0.4 is 5.32 Å². The number of carbonyl (C=O) groups is 2. The molecule has 2 rings (SSSR count). The van der Waals surface area contributed by atoms with Crippen LogP contribution in [0, 0.1) is 0 Å². The molecule has 174 valence electrons. The van der Waals surface area contributed by atoms with Gasteiger partial charge in [-0.3, -0.25) is 9.59 Å². The molecule has 0 saturated heterocycles. The van der Waals surface area contributed by atoms with Gasteiger partial charge in [0.15, 0.2) is 0 Å². The molecule has 1 atom stereocenters. The predicted octanol–water partition coefficient (Wildman–Crippen LogP) is 3.29. The van der Waals surface area contributed by atoms with E-state index in [2.05, 4.69) is 5.32 Å². The second-order valence-electron chi connectivity index (χ2n) is 7.47. The monoisotopic (exact) mass is 479 g/mol. The Balaban J connectivity index is 2.06. The van der Waals surface area contributed by atoms with E-state index in [1.165, 1.54) is 28.4 Å². The Morgan fingerprint density at radius 1 is 1.09 bits per heavy atom. The molecule has 2 amide bonds. The number of likely N-dealkylation sites (N-methyl/N-ethyl adjacent to an activating group) is 1. The van der Waals surface area contributed by atoms with Gasteiger partial charge in [0.1, 0.15) is 6.04 Å². The quantitative estimate of drug-likeness (QED) is 0.535. The summed E-state index contributed by atoms with van der Waals surface area (Å²) in [4.78, 5) is 27.1. The molecule has 0 aliphatic rings. The van der Waals surface area contributed by atoms with Crippen molar-refractivity contribution in [3.05, 3.63) is 65.2 Å². The van der Waals surface area contributed by atoms with E-state index in [0.717, 1.165) is 5.56 Å².